The Kier molecular flexibility index (Phi) is 3.89. The van der Waals surface area contributed by atoms with Crippen LogP contribution < -0.4 is 10.2 Å². The molecule has 0 bridgehead atoms. The second-order valence-corrected chi connectivity index (χ2v) is 5.15. The molecule has 3 rings (SSSR count). The molecule has 0 unspecified atom stereocenters. The number of piperazine rings is 1. The molecule has 22 heavy (non-hydrogen) atoms. The van der Waals surface area contributed by atoms with E-state index in [1.165, 1.54) is 0 Å². The second kappa shape index (κ2) is 5.99. The standard InChI is InChI=1S/C17H16N2O3/c20-14-11-18-15(17(21)22)16(12-7-3-1-4-8-12)19(14)13-9-5-2-6-10-13/h1-10,15-16,18H,11H2,(H,21,22)/t15-,16+/m1/s1. The molecule has 0 aromatic heterocycles. The van der Waals surface area contributed by atoms with Gasteiger partial charge in [0.2, 0.25) is 5.91 Å². The van der Waals surface area contributed by atoms with Crippen molar-refractivity contribution < 1.29 is 14.7 Å². The van der Waals surface area contributed by atoms with Crippen LogP contribution in [0.3, 0.4) is 0 Å². The fraction of sp³-hybridized carbons (Fsp3) is 0.176. The quantitative estimate of drug-likeness (QED) is 0.906. The van der Waals surface area contributed by atoms with Gasteiger partial charge >= 0.3 is 5.97 Å². The topological polar surface area (TPSA) is 69.6 Å². The van der Waals surface area contributed by atoms with E-state index in [2.05, 4.69) is 5.32 Å². The lowest BCUT2D eigenvalue weighted by atomic mass is 9.94. The molecule has 5 heteroatoms. The van der Waals surface area contributed by atoms with Gasteiger partial charge in [-0.05, 0) is 17.7 Å². The molecule has 0 aliphatic carbocycles. The van der Waals surface area contributed by atoms with Crippen molar-refractivity contribution in [3.63, 3.8) is 0 Å². The molecule has 0 radical (unpaired) electrons. The van der Waals surface area contributed by atoms with Crippen molar-refractivity contribution in [1.82, 2.24) is 5.32 Å². The van der Waals surface area contributed by atoms with Gasteiger partial charge in [0.15, 0.2) is 0 Å². The summed E-state index contributed by atoms with van der Waals surface area (Å²) in [6, 6.07) is 17.0. The molecule has 0 spiro atoms. The number of carboxylic acid groups (broad SMARTS) is 1. The number of amides is 1. The van der Waals surface area contributed by atoms with Crippen molar-refractivity contribution >= 4 is 17.6 Å². The highest BCUT2D eigenvalue weighted by Gasteiger charge is 2.41. The van der Waals surface area contributed by atoms with Crippen molar-refractivity contribution in [2.45, 2.75) is 12.1 Å². The summed E-state index contributed by atoms with van der Waals surface area (Å²) in [5.74, 6) is -1.11. The Labute approximate surface area is 128 Å². The number of hydrogen-bond acceptors (Lipinski definition) is 3. The predicted molar refractivity (Wildman–Crippen MR) is 82.5 cm³/mol. The van der Waals surface area contributed by atoms with E-state index in [4.69, 9.17) is 0 Å². The van der Waals surface area contributed by atoms with E-state index in [1.807, 2.05) is 60.7 Å². The zero-order valence-electron chi connectivity index (χ0n) is 11.8. The zero-order valence-corrected chi connectivity index (χ0v) is 11.8. The summed E-state index contributed by atoms with van der Waals surface area (Å²) in [4.78, 5) is 25.6. The number of benzene rings is 2. The minimum absolute atomic E-state index is 0.00912. The van der Waals surface area contributed by atoms with E-state index in [0.29, 0.717) is 5.69 Å². The van der Waals surface area contributed by atoms with E-state index in [-0.39, 0.29) is 12.5 Å². The fourth-order valence-corrected chi connectivity index (χ4v) is 2.81. The highest BCUT2D eigenvalue weighted by Crippen LogP contribution is 2.32. The molecule has 1 aliphatic rings. The first-order chi connectivity index (χ1) is 10.7. The Morgan fingerprint density at radius 1 is 1.05 bits per heavy atom. The monoisotopic (exact) mass is 296 g/mol. The van der Waals surface area contributed by atoms with Crippen LogP contribution in [0.2, 0.25) is 0 Å². The molecule has 5 nitrogen and oxygen atoms in total. The van der Waals surface area contributed by atoms with Gasteiger partial charge in [-0.2, -0.15) is 0 Å². The van der Waals surface area contributed by atoms with Crippen LogP contribution in [0.15, 0.2) is 60.7 Å². The summed E-state index contributed by atoms with van der Waals surface area (Å²) >= 11 is 0. The number of carbonyl (C=O) groups excluding carboxylic acids is 1. The third-order valence-corrected chi connectivity index (χ3v) is 3.78. The average molecular weight is 296 g/mol. The van der Waals surface area contributed by atoms with E-state index in [0.717, 1.165) is 5.56 Å². The Bertz CT molecular complexity index is 673. The summed E-state index contributed by atoms with van der Waals surface area (Å²) in [5.41, 5.74) is 1.49. The van der Waals surface area contributed by atoms with Crippen LogP contribution in [0.4, 0.5) is 5.69 Å². The minimum atomic E-state index is -0.970. The highest BCUT2D eigenvalue weighted by atomic mass is 16.4. The predicted octanol–water partition coefficient (Wildman–Crippen LogP) is 1.82. The van der Waals surface area contributed by atoms with Crippen molar-refractivity contribution in [1.29, 1.82) is 0 Å². The van der Waals surface area contributed by atoms with Crippen LogP contribution in [0, 0.1) is 0 Å². The molecule has 1 saturated heterocycles. The summed E-state index contributed by atoms with van der Waals surface area (Å²) in [7, 11) is 0. The smallest absolute Gasteiger partial charge is 0.323 e. The normalized spacial score (nSPS) is 21.6. The van der Waals surface area contributed by atoms with Crippen molar-refractivity contribution in [3.05, 3.63) is 66.2 Å². The number of nitrogens with zero attached hydrogens (tertiary/aromatic N) is 1. The van der Waals surface area contributed by atoms with Crippen LogP contribution in [-0.4, -0.2) is 29.6 Å². The van der Waals surface area contributed by atoms with Crippen LogP contribution in [0.1, 0.15) is 11.6 Å². The highest BCUT2D eigenvalue weighted by molar-refractivity contribution is 5.98. The van der Waals surface area contributed by atoms with Gasteiger partial charge in [-0.25, -0.2) is 0 Å². The van der Waals surface area contributed by atoms with Crippen LogP contribution in [-0.2, 0) is 9.59 Å². The second-order valence-electron chi connectivity index (χ2n) is 5.15. The zero-order chi connectivity index (χ0) is 15.5. The van der Waals surface area contributed by atoms with Gasteiger partial charge in [0.25, 0.3) is 0 Å². The van der Waals surface area contributed by atoms with Gasteiger partial charge in [0.05, 0.1) is 12.6 Å². The number of rotatable bonds is 3. The van der Waals surface area contributed by atoms with E-state index in [9.17, 15) is 14.7 Å². The SMILES string of the molecule is O=C(O)[C@@H]1NCC(=O)N(c2ccccc2)[C@H]1c1ccccc1. The largest absolute Gasteiger partial charge is 0.480 e. The molecular formula is C17H16N2O3. The number of nitrogens with one attached hydrogen (secondary N) is 1. The lowest BCUT2D eigenvalue weighted by Crippen LogP contribution is -2.59. The molecule has 1 amide bonds. The van der Waals surface area contributed by atoms with Crippen LogP contribution in [0.5, 0.6) is 0 Å². The average Bonchev–Trinajstić information content (AvgIpc) is 2.56. The maximum absolute atomic E-state index is 12.4. The minimum Gasteiger partial charge on any atom is -0.480 e. The lowest BCUT2D eigenvalue weighted by molar-refractivity contribution is -0.141. The van der Waals surface area contributed by atoms with Crippen molar-refractivity contribution in [3.8, 4) is 0 Å². The number of aliphatic carboxylic acids is 1. The third-order valence-electron chi connectivity index (χ3n) is 3.78. The Balaban J connectivity index is 2.10. The first-order valence-corrected chi connectivity index (χ1v) is 7.07. The number of carboxylic acids is 1. The third kappa shape index (κ3) is 2.58. The van der Waals surface area contributed by atoms with Crippen LogP contribution >= 0.6 is 0 Å². The molecule has 2 aromatic rings. The first-order valence-electron chi connectivity index (χ1n) is 7.07. The summed E-state index contributed by atoms with van der Waals surface area (Å²) in [5, 5.41) is 12.3. The Morgan fingerprint density at radius 3 is 2.23 bits per heavy atom. The molecule has 2 N–H and O–H groups in total. The Morgan fingerprint density at radius 2 is 1.64 bits per heavy atom. The summed E-state index contributed by atoms with van der Waals surface area (Å²) in [6.45, 7) is 0.00912. The van der Waals surface area contributed by atoms with E-state index >= 15 is 0 Å². The van der Waals surface area contributed by atoms with E-state index in [1.54, 1.807) is 4.90 Å². The van der Waals surface area contributed by atoms with Gasteiger partial charge in [0.1, 0.15) is 6.04 Å². The van der Waals surface area contributed by atoms with Gasteiger partial charge in [-0.3, -0.25) is 14.9 Å². The number of carbonyl (C=O) groups is 2. The molecule has 2 atom stereocenters. The maximum atomic E-state index is 12.4. The molecule has 112 valence electrons. The number of hydrogen-bond donors (Lipinski definition) is 2. The summed E-state index contributed by atoms with van der Waals surface area (Å²) in [6.07, 6.45) is 0. The van der Waals surface area contributed by atoms with Crippen LogP contribution in [0.25, 0.3) is 0 Å². The molecule has 1 aliphatic heterocycles. The molecular weight excluding hydrogens is 280 g/mol. The maximum Gasteiger partial charge on any atom is 0.323 e. The van der Waals surface area contributed by atoms with Gasteiger partial charge in [0, 0.05) is 5.69 Å². The lowest BCUT2D eigenvalue weighted by Gasteiger charge is -2.40. The van der Waals surface area contributed by atoms with Crippen molar-refractivity contribution in [2.24, 2.45) is 0 Å². The van der Waals surface area contributed by atoms with Crippen molar-refractivity contribution in [2.75, 3.05) is 11.4 Å². The van der Waals surface area contributed by atoms with Gasteiger partial charge in [-0.15, -0.1) is 0 Å². The molecule has 0 saturated carbocycles. The van der Waals surface area contributed by atoms with E-state index < -0.39 is 18.1 Å². The summed E-state index contributed by atoms with van der Waals surface area (Å²) < 4.78 is 0. The molecule has 2 aromatic carbocycles. The van der Waals surface area contributed by atoms with Gasteiger partial charge < -0.3 is 10.0 Å². The molecule has 1 fully saturated rings. The first kappa shape index (κ1) is 14.3. The number of anilines is 1. The Hall–Kier alpha value is -2.66. The number of para-hydroxylation sites is 1. The van der Waals surface area contributed by atoms with Gasteiger partial charge in [-0.1, -0.05) is 48.5 Å². The molecule has 1 heterocycles. The fourth-order valence-electron chi connectivity index (χ4n) is 2.81.